The standard InChI is InChI=1S/C11H15N3O4/c1-7(18-2)6-13-11(15)9-5-8(14(16)17)3-4-10(9)12/h3-5,7H,6,12H2,1-2H3,(H,13,15). The Labute approximate surface area is 104 Å². The summed E-state index contributed by atoms with van der Waals surface area (Å²) in [4.78, 5) is 21.8. The molecule has 0 saturated carbocycles. The molecular weight excluding hydrogens is 238 g/mol. The fourth-order valence-corrected chi connectivity index (χ4v) is 1.27. The van der Waals surface area contributed by atoms with Crippen LogP contribution in [-0.2, 0) is 4.74 Å². The van der Waals surface area contributed by atoms with Crippen molar-refractivity contribution in [1.29, 1.82) is 0 Å². The maximum absolute atomic E-state index is 11.8. The first kappa shape index (κ1) is 13.9. The number of amides is 1. The lowest BCUT2D eigenvalue weighted by atomic mass is 10.1. The topological polar surface area (TPSA) is 107 Å². The monoisotopic (exact) mass is 253 g/mol. The molecule has 1 unspecified atom stereocenters. The van der Waals surface area contributed by atoms with Crippen LogP contribution in [0.1, 0.15) is 17.3 Å². The molecule has 1 atom stereocenters. The quantitative estimate of drug-likeness (QED) is 0.461. The molecule has 1 aromatic carbocycles. The molecule has 1 amide bonds. The lowest BCUT2D eigenvalue weighted by Crippen LogP contribution is -2.32. The Morgan fingerprint density at radius 3 is 2.83 bits per heavy atom. The van der Waals surface area contributed by atoms with Gasteiger partial charge in [-0.15, -0.1) is 0 Å². The Balaban J connectivity index is 2.84. The summed E-state index contributed by atoms with van der Waals surface area (Å²) in [7, 11) is 1.53. The Kier molecular flexibility index (Phi) is 4.61. The lowest BCUT2D eigenvalue weighted by Gasteiger charge is -2.11. The predicted octanol–water partition coefficient (Wildman–Crippen LogP) is 0.942. The van der Waals surface area contributed by atoms with Gasteiger partial charge in [-0.05, 0) is 13.0 Å². The van der Waals surface area contributed by atoms with Crippen LogP contribution in [0.15, 0.2) is 18.2 Å². The van der Waals surface area contributed by atoms with E-state index in [0.29, 0.717) is 6.54 Å². The van der Waals surface area contributed by atoms with Crippen LogP contribution >= 0.6 is 0 Å². The molecule has 0 aliphatic heterocycles. The molecule has 1 aromatic rings. The van der Waals surface area contributed by atoms with E-state index in [1.54, 1.807) is 6.92 Å². The van der Waals surface area contributed by atoms with Gasteiger partial charge in [-0.3, -0.25) is 14.9 Å². The summed E-state index contributed by atoms with van der Waals surface area (Å²) in [5.41, 5.74) is 5.73. The molecule has 0 spiro atoms. The molecule has 0 radical (unpaired) electrons. The molecule has 0 heterocycles. The highest BCUT2D eigenvalue weighted by molar-refractivity contribution is 5.99. The minimum absolute atomic E-state index is 0.0903. The van der Waals surface area contributed by atoms with Gasteiger partial charge in [0.05, 0.1) is 16.6 Å². The van der Waals surface area contributed by atoms with Gasteiger partial charge in [-0.1, -0.05) is 0 Å². The smallest absolute Gasteiger partial charge is 0.270 e. The van der Waals surface area contributed by atoms with Gasteiger partial charge >= 0.3 is 0 Å². The van der Waals surface area contributed by atoms with Crippen LogP contribution in [0.4, 0.5) is 11.4 Å². The highest BCUT2D eigenvalue weighted by Gasteiger charge is 2.15. The Bertz CT molecular complexity index is 462. The number of nitrogens with two attached hydrogens (primary N) is 1. The van der Waals surface area contributed by atoms with Gasteiger partial charge in [-0.2, -0.15) is 0 Å². The number of anilines is 1. The van der Waals surface area contributed by atoms with Gasteiger partial charge in [-0.25, -0.2) is 0 Å². The summed E-state index contributed by atoms with van der Waals surface area (Å²) < 4.78 is 4.97. The van der Waals surface area contributed by atoms with E-state index < -0.39 is 10.8 Å². The van der Waals surface area contributed by atoms with Crippen molar-refractivity contribution < 1.29 is 14.5 Å². The number of benzene rings is 1. The van der Waals surface area contributed by atoms with Crippen molar-refractivity contribution in [3.8, 4) is 0 Å². The third-order valence-electron chi connectivity index (χ3n) is 2.44. The fraction of sp³-hybridized carbons (Fsp3) is 0.364. The number of non-ortho nitro benzene ring substituents is 1. The van der Waals surface area contributed by atoms with Crippen molar-refractivity contribution in [2.45, 2.75) is 13.0 Å². The van der Waals surface area contributed by atoms with Crippen LogP contribution in [0.3, 0.4) is 0 Å². The van der Waals surface area contributed by atoms with Crippen LogP contribution < -0.4 is 11.1 Å². The van der Waals surface area contributed by atoms with E-state index in [4.69, 9.17) is 10.5 Å². The second-order valence-corrected chi connectivity index (χ2v) is 3.79. The Hall–Kier alpha value is -2.15. The van der Waals surface area contributed by atoms with Crippen molar-refractivity contribution in [1.82, 2.24) is 5.32 Å². The second-order valence-electron chi connectivity index (χ2n) is 3.79. The van der Waals surface area contributed by atoms with E-state index in [0.717, 1.165) is 6.07 Å². The molecule has 0 aliphatic carbocycles. The number of ether oxygens (including phenoxy) is 1. The molecular formula is C11H15N3O4. The maximum Gasteiger partial charge on any atom is 0.270 e. The van der Waals surface area contributed by atoms with E-state index in [-0.39, 0.29) is 23.0 Å². The maximum atomic E-state index is 11.8. The molecule has 98 valence electrons. The van der Waals surface area contributed by atoms with Gasteiger partial charge in [0, 0.05) is 31.5 Å². The lowest BCUT2D eigenvalue weighted by molar-refractivity contribution is -0.384. The molecule has 0 fully saturated rings. The van der Waals surface area contributed by atoms with E-state index in [1.807, 2.05) is 0 Å². The molecule has 7 heteroatoms. The average Bonchev–Trinajstić information content (AvgIpc) is 2.35. The van der Waals surface area contributed by atoms with E-state index in [1.165, 1.54) is 19.2 Å². The number of hydrogen-bond acceptors (Lipinski definition) is 5. The highest BCUT2D eigenvalue weighted by Crippen LogP contribution is 2.19. The Morgan fingerprint density at radius 2 is 2.28 bits per heavy atom. The molecule has 0 bridgehead atoms. The number of nitro groups is 1. The number of rotatable bonds is 5. The zero-order valence-electron chi connectivity index (χ0n) is 10.2. The summed E-state index contributed by atoms with van der Waals surface area (Å²) in [5, 5.41) is 13.2. The van der Waals surface area contributed by atoms with Gasteiger partial charge < -0.3 is 15.8 Å². The fourth-order valence-electron chi connectivity index (χ4n) is 1.27. The third kappa shape index (κ3) is 3.42. The summed E-state index contributed by atoms with van der Waals surface area (Å²) in [6.45, 7) is 2.09. The summed E-state index contributed by atoms with van der Waals surface area (Å²) in [5.74, 6) is -0.458. The van der Waals surface area contributed by atoms with Crippen LogP contribution in [0.25, 0.3) is 0 Å². The Morgan fingerprint density at radius 1 is 1.61 bits per heavy atom. The van der Waals surface area contributed by atoms with Gasteiger partial charge in [0.1, 0.15) is 0 Å². The summed E-state index contributed by atoms with van der Waals surface area (Å²) in [6.07, 6.45) is -0.145. The van der Waals surface area contributed by atoms with Crippen LogP contribution in [0.2, 0.25) is 0 Å². The zero-order chi connectivity index (χ0) is 13.7. The number of nitrogens with zero attached hydrogens (tertiary/aromatic N) is 1. The van der Waals surface area contributed by atoms with Gasteiger partial charge in [0.25, 0.3) is 11.6 Å². The molecule has 1 rings (SSSR count). The summed E-state index contributed by atoms with van der Waals surface area (Å²) in [6, 6.07) is 3.75. The first-order valence-electron chi connectivity index (χ1n) is 5.30. The first-order chi connectivity index (χ1) is 8.45. The van der Waals surface area contributed by atoms with Crippen LogP contribution in [0.5, 0.6) is 0 Å². The largest absolute Gasteiger partial charge is 0.398 e. The first-order valence-corrected chi connectivity index (χ1v) is 5.30. The van der Waals surface area contributed by atoms with Gasteiger partial charge in [0.2, 0.25) is 0 Å². The minimum atomic E-state index is -0.575. The number of nitro benzene ring substituents is 1. The molecule has 0 aromatic heterocycles. The van der Waals surface area contributed by atoms with Crippen molar-refractivity contribution >= 4 is 17.3 Å². The van der Waals surface area contributed by atoms with Crippen molar-refractivity contribution in [2.75, 3.05) is 19.4 Å². The van der Waals surface area contributed by atoms with Crippen LogP contribution in [-0.4, -0.2) is 30.6 Å². The number of carbonyl (C=O) groups excluding carboxylic acids is 1. The molecule has 3 N–H and O–H groups in total. The molecule has 7 nitrogen and oxygen atoms in total. The number of nitrogen functional groups attached to an aromatic ring is 1. The zero-order valence-corrected chi connectivity index (χ0v) is 10.2. The normalized spacial score (nSPS) is 11.9. The van der Waals surface area contributed by atoms with E-state index >= 15 is 0 Å². The van der Waals surface area contributed by atoms with Crippen molar-refractivity contribution in [3.63, 3.8) is 0 Å². The molecule has 0 saturated heterocycles. The van der Waals surface area contributed by atoms with Crippen LogP contribution in [0, 0.1) is 10.1 Å². The predicted molar refractivity (Wildman–Crippen MR) is 66.3 cm³/mol. The average molecular weight is 253 g/mol. The number of methoxy groups -OCH3 is 1. The number of hydrogen-bond donors (Lipinski definition) is 2. The molecule has 0 aliphatic rings. The molecule has 18 heavy (non-hydrogen) atoms. The SMILES string of the molecule is COC(C)CNC(=O)c1cc([N+](=O)[O-])ccc1N. The van der Waals surface area contributed by atoms with Gasteiger partial charge in [0.15, 0.2) is 0 Å². The third-order valence-corrected chi connectivity index (χ3v) is 2.44. The highest BCUT2D eigenvalue weighted by atomic mass is 16.6. The van der Waals surface area contributed by atoms with E-state index in [9.17, 15) is 14.9 Å². The summed E-state index contributed by atoms with van der Waals surface area (Å²) >= 11 is 0. The van der Waals surface area contributed by atoms with Crippen molar-refractivity contribution in [3.05, 3.63) is 33.9 Å². The number of carbonyl (C=O) groups is 1. The number of nitrogens with one attached hydrogen (secondary N) is 1. The minimum Gasteiger partial charge on any atom is -0.398 e. The van der Waals surface area contributed by atoms with E-state index in [2.05, 4.69) is 5.32 Å². The van der Waals surface area contributed by atoms with Crippen molar-refractivity contribution in [2.24, 2.45) is 0 Å². The second kappa shape index (κ2) is 5.97.